The van der Waals surface area contributed by atoms with E-state index in [2.05, 4.69) is 82.5 Å². The molecule has 2 aromatic heterocycles. The first-order valence-electron chi connectivity index (χ1n) is 11.7. The van der Waals surface area contributed by atoms with Crippen LogP contribution in [-0.4, -0.2) is 19.9 Å². The van der Waals surface area contributed by atoms with Gasteiger partial charge in [0.15, 0.2) is 0 Å². The second-order valence-corrected chi connectivity index (χ2v) is 6.74. The van der Waals surface area contributed by atoms with Gasteiger partial charge in [0.2, 0.25) is 0 Å². The molecule has 34 heavy (non-hydrogen) atoms. The number of rotatable bonds is 2. The van der Waals surface area contributed by atoms with E-state index in [9.17, 15) is 0 Å². The third-order valence-corrected chi connectivity index (χ3v) is 4.71. The van der Waals surface area contributed by atoms with Crippen LogP contribution in [0.3, 0.4) is 0 Å². The molecule has 0 fully saturated rings. The summed E-state index contributed by atoms with van der Waals surface area (Å²) in [5, 5.41) is 0. The Morgan fingerprint density at radius 3 is 1.65 bits per heavy atom. The van der Waals surface area contributed by atoms with Gasteiger partial charge in [-0.25, -0.2) is 9.97 Å². The second kappa shape index (κ2) is 14.7. The maximum absolute atomic E-state index is 4.74. The van der Waals surface area contributed by atoms with Crippen LogP contribution in [0.5, 0.6) is 0 Å². The van der Waals surface area contributed by atoms with Gasteiger partial charge < -0.3 is 9.97 Å². The smallest absolute Gasteiger partial charge is 0.138 e. The summed E-state index contributed by atoms with van der Waals surface area (Å²) in [7, 11) is 0. The molecule has 0 radical (unpaired) electrons. The minimum Gasteiger partial charge on any atom is -0.342 e. The number of nitrogens with zero attached hydrogens (tertiary/aromatic N) is 2. The van der Waals surface area contributed by atoms with Crippen LogP contribution in [0.2, 0.25) is 0 Å². The summed E-state index contributed by atoms with van der Waals surface area (Å²) in [6, 6.07) is 21.1. The lowest BCUT2D eigenvalue weighted by molar-refractivity contribution is 1.17. The Balaban J connectivity index is 0.00000127. The maximum atomic E-state index is 4.74. The number of fused-ring (bicyclic) bond motifs is 2. The fraction of sp³-hybridized carbons (Fsp3) is 0.333. The molecule has 4 heteroatoms. The summed E-state index contributed by atoms with van der Waals surface area (Å²) < 4.78 is 0. The highest BCUT2D eigenvalue weighted by Crippen LogP contribution is 2.28. The van der Waals surface area contributed by atoms with Crippen molar-refractivity contribution in [1.29, 1.82) is 0 Å². The molecule has 2 N–H and O–H groups in total. The van der Waals surface area contributed by atoms with E-state index in [0.717, 1.165) is 50.4 Å². The molecule has 0 bridgehead atoms. The Hall–Kier alpha value is -3.40. The number of imidazole rings is 2. The van der Waals surface area contributed by atoms with Crippen LogP contribution in [0.1, 0.15) is 67.8 Å². The Morgan fingerprint density at radius 1 is 0.559 bits per heavy atom. The summed E-state index contributed by atoms with van der Waals surface area (Å²) in [5.74, 6) is 1.84. The molecule has 0 saturated carbocycles. The molecule has 0 saturated heterocycles. The quantitative estimate of drug-likeness (QED) is 0.275. The number of nitrogens with one attached hydrogen (secondary N) is 2. The molecule has 0 aliphatic rings. The van der Waals surface area contributed by atoms with Gasteiger partial charge in [0.05, 0.1) is 22.1 Å². The predicted molar refractivity (Wildman–Crippen MR) is 154 cm³/mol. The minimum absolute atomic E-state index is 0. The molecule has 5 rings (SSSR count). The molecular weight excluding hydrogens is 416 g/mol. The average molecular weight is 461 g/mol. The van der Waals surface area contributed by atoms with Crippen LogP contribution in [0, 0.1) is 13.8 Å². The van der Waals surface area contributed by atoms with Gasteiger partial charge in [0.25, 0.3) is 0 Å². The Labute approximate surface area is 206 Å². The fourth-order valence-electron chi connectivity index (χ4n) is 3.44. The largest absolute Gasteiger partial charge is 0.342 e. The highest BCUT2D eigenvalue weighted by atomic mass is 14.9. The van der Waals surface area contributed by atoms with Crippen LogP contribution >= 0.6 is 0 Å². The molecule has 184 valence electrons. The van der Waals surface area contributed by atoms with Gasteiger partial charge in [-0.2, -0.15) is 0 Å². The number of H-pyrrole nitrogens is 2. The Bertz CT molecular complexity index is 1260. The summed E-state index contributed by atoms with van der Waals surface area (Å²) >= 11 is 0. The zero-order chi connectivity index (χ0) is 23.7. The summed E-state index contributed by atoms with van der Waals surface area (Å²) in [4.78, 5) is 16.0. The van der Waals surface area contributed by atoms with E-state index in [-0.39, 0.29) is 14.9 Å². The van der Waals surface area contributed by atoms with E-state index in [1.54, 1.807) is 0 Å². The zero-order valence-corrected chi connectivity index (χ0v) is 20.7. The summed E-state index contributed by atoms with van der Waals surface area (Å²) in [6.45, 7) is 16.1. The third kappa shape index (κ3) is 6.80. The van der Waals surface area contributed by atoms with E-state index in [0.29, 0.717) is 0 Å². The molecule has 0 atom stereocenters. The van der Waals surface area contributed by atoms with Crippen molar-refractivity contribution in [2.75, 3.05) is 0 Å². The third-order valence-electron chi connectivity index (χ3n) is 4.71. The molecule has 4 nitrogen and oxygen atoms in total. The van der Waals surface area contributed by atoms with Gasteiger partial charge in [-0.1, -0.05) is 92.3 Å². The molecule has 5 aromatic rings. The van der Waals surface area contributed by atoms with E-state index in [1.165, 1.54) is 5.56 Å². The number of hydrogen-bond acceptors (Lipinski definition) is 2. The van der Waals surface area contributed by atoms with Crippen LogP contribution in [-0.2, 0) is 0 Å². The molecule has 0 amide bonds. The zero-order valence-electron chi connectivity index (χ0n) is 20.7. The topological polar surface area (TPSA) is 57.4 Å². The summed E-state index contributed by atoms with van der Waals surface area (Å²) in [6.07, 6.45) is 0. The number of aromatic amines is 2. The molecule has 2 heterocycles. The molecule has 3 aromatic carbocycles. The molecule has 0 aliphatic heterocycles. The highest BCUT2D eigenvalue weighted by Gasteiger charge is 2.08. The average Bonchev–Trinajstić information content (AvgIpc) is 3.44. The van der Waals surface area contributed by atoms with Crippen molar-refractivity contribution in [2.24, 2.45) is 0 Å². The lowest BCUT2D eigenvalue weighted by atomic mass is 10.0. The first-order valence-corrected chi connectivity index (χ1v) is 11.7. The SMILES string of the molecule is C.C.CC.CC.CC.Cc1cccc(-c2nc3ccc(-c4ccc5nc(C)[nH]c5c4)cc3[nH]2)c1. The van der Waals surface area contributed by atoms with E-state index < -0.39 is 0 Å². The Kier molecular flexibility index (Phi) is 13.2. The highest BCUT2D eigenvalue weighted by molar-refractivity contribution is 5.87. The molecule has 0 spiro atoms. The first kappa shape index (κ1) is 30.6. The number of hydrogen-bond donors (Lipinski definition) is 2. The van der Waals surface area contributed by atoms with Gasteiger partial charge in [-0.15, -0.1) is 0 Å². The van der Waals surface area contributed by atoms with Crippen molar-refractivity contribution >= 4 is 22.1 Å². The molecule has 0 aliphatic carbocycles. The predicted octanol–water partition coefficient (Wildman–Crippen LogP) is 9.74. The van der Waals surface area contributed by atoms with Crippen molar-refractivity contribution in [2.45, 2.75) is 70.2 Å². The van der Waals surface area contributed by atoms with Gasteiger partial charge >= 0.3 is 0 Å². The van der Waals surface area contributed by atoms with Crippen molar-refractivity contribution in [3.8, 4) is 22.5 Å². The van der Waals surface area contributed by atoms with Crippen LogP contribution in [0.4, 0.5) is 0 Å². The Morgan fingerprint density at radius 2 is 1.09 bits per heavy atom. The van der Waals surface area contributed by atoms with Crippen LogP contribution in [0.25, 0.3) is 44.6 Å². The van der Waals surface area contributed by atoms with E-state index in [1.807, 2.05) is 48.5 Å². The molecular formula is C30H44N4. The second-order valence-electron chi connectivity index (χ2n) is 6.74. The normalized spacial score (nSPS) is 9.29. The maximum Gasteiger partial charge on any atom is 0.138 e. The van der Waals surface area contributed by atoms with E-state index >= 15 is 0 Å². The summed E-state index contributed by atoms with van der Waals surface area (Å²) in [5.41, 5.74) is 8.73. The van der Waals surface area contributed by atoms with Gasteiger partial charge in [0.1, 0.15) is 11.6 Å². The lowest BCUT2D eigenvalue weighted by Gasteiger charge is -2.01. The number of aryl methyl sites for hydroxylation is 2. The lowest BCUT2D eigenvalue weighted by Crippen LogP contribution is -1.81. The van der Waals surface area contributed by atoms with Crippen molar-refractivity contribution in [3.05, 3.63) is 72.1 Å². The van der Waals surface area contributed by atoms with Gasteiger partial charge in [-0.3, -0.25) is 0 Å². The standard InChI is InChI=1S/C22H18N4.3C2H6.2CH4/c1-13-4-3-5-17(10-13)22-25-19-9-7-16(12-21(19)26-22)15-6-8-18-20(11-15)24-14(2)23-18;3*1-2;;/h3-12H,1-2H3,(H,23,24)(H,25,26);3*1-2H3;2*1H4. The van der Waals surface area contributed by atoms with Crippen LogP contribution in [0.15, 0.2) is 60.7 Å². The number of benzene rings is 3. The molecule has 0 unspecified atom stereocenters. The van der Waals surface area contributed by atoms with Gasteiger partial charge in [0, 0.05) is 5.56 Å². The van der Waals surface area contributed by atoms with Crippen molar-refractivity contribution in [3.63, 3.8) is 0 Å². The van der Waals surface area contributed by atoms with Crippen molar-refractivity contribution < 1.29 is 0 Å². The van der Waals surface area contributed by atoms with Crippen LogP contribution < -0.4 is 0 Å². The minimum atomic E-state index is 0. The number of aromatic nitrogens is 4. The fourth-order valence-corrected chi connectivity index (χ4v) is 3.44. The monoisotopic (exact) mass is 460 g/mol. The first-order chi connectivity index (χ1) is 15.7. The van der Waals surface area contributed by atoms with Crippen molar-refractivity contribution in [1.82, 2.24) is 19.9 Å². The van der Waals surface area contributed by atoms with Gasteiger partial charge in [-0.05, 0) is 55.3 Å². The van der Waals surface area contributed by atoms with E-state index in [4.69, 9.17) is 4.98 Å².